The van der Waals surface area contributed by atoms with Gasteiger partial charge in [-0.05, 0) is 30.3 Å². The van der Waals surface area contributed by atoms with Gasteiger partial charge in [0.2, 0.25) is 5.82 Å². The van der Waals surface area contributed by atoms with Gasteiger partial charge in [0.15, 0.2) is 0 Å². The van der Waals surface area contributed by atoms with E-state index in [1.807, 2.05) is 71.1 Å². The summed E-state index contributed by atoms with van der Waals surface area (Å²) in [6.45, 7) is 0. The number of aromatic amines is 2. The predicted molar refractivity (Wildman–Crippen MR) is 126 cm³/mol. The summed E-state index contributed by atoms with van der Waals surface area (Å²) < 4.78 is 1.87. The van der Waals surface area contributed by atoms with Crippen LogP contribution in [0.3, 0.4) is 0 Å². The number of nitrogen functional groups attached to an aromatic ring is 1. The lowest BCUT2D eigenvalue weighted by Gasteiger charge is -2.13. The molecule has 0 aliphatic heterocycles. The van der Waals surface area contributed by atoms with Gasteiger partial charge in [0.1, 0.15) is 28.5 Å². The summed E-state index contributed by atoms with van der Waals surface area (Å²) in [6.07, 6.45) is 0. The Kier molecular flexibility index (Phi) is 3.94. The Morgan fingerprint density at radius 2 is 1.59 bits per heavy atom. The highest BCUT2D eigenvalue weighted by Crippen LogP contribution is 2.41. The van der Waals surface area contributed by atoms with Gasteiger partial charge in [-0.3, -0.25) is 4.98 Å². The lowest BCUT2D eigenvalue weighted by atomic mass is 9.95. The third-order valence-electron chi connectivity index (χ3n) is 5.74. The van der Waals surface area contributed by atoms with Gasteiger partial charge in [0, 0.05) is 16.1 Å². The van der Waals surface area contributed by atoms with Crippen LogP contribution in [-0.4, -0.2) is 15.0 Å². The van der Waals surface area contributed by atoms with Gasteiger partial charge in [-0.15, -0.1) is 0 Å². The van der Waals surface area contributed by atoms with E-state index < -0.39 is 0 Å². The highest BCUT2D eigenvalue weighted by atomic mass is 35.5. The molecule has 0 bridgehead atoms. The van der Waals surface area contributed by atoms with Crippen LogP contribution in [0.4, 0.5) is 5.82 Å². The lowest BCUT2D eigenvalue weighted by molar-refractivity contribution is -0.463. The normalized spacial score (nSPS) is 11.4. The maximum atomic E-state index is 10.3. The molecule has 0 radical (unpaired) electrons. The van der Waals surface area contributed by atoms with E-state index in [9.17, 15) is 5.26 Å². The van der Waals surface area contributed by atoms with Gasteiger partial charge >= 0.3 is 0 Å². The summed E-state index contributed by atoms with van der Waals surface area (Å²) in [5.41, 5.74) is 13.3. The Morgan fingerprint density at radius 1 is 0.875 bits per heavy atom. The summed E-state index contributed by atoms with van der Waals surface area (Å²) in [5.74, 6) is 1.04. The number of pyridine rings is 1. The maximum Gasteiger partial charge on any atom is 0.250 e. The number of nitrogens with one attached hydrogen (secondary N) is 2. The second-order valence-corrected chi connectivity index (χ2v) is 7.94. The van der Waals surface area contributed by atoms with E-state index in [1.165, 1.54) is 0 Å². The number of nitrogens with two attached hydrogens (primary N) is 1. The first-order chi connectivity index (χ1) is 15.7. The van der Waals surface area contributed by atoms with Crippen molar-refractivity contribution in [1.29, 1.82) is 5.26 Å². The van der Waals surface area contributed by atoms with E-state index in [-0.39, 0.29) is 0 Å². The van der Waals surface area contributed by atoms with Crippen molar-refractivity contribution >= 4 is 45.1 Å². The van der Waals surface area contributed by atoms with Gasteiger partial charge < -0.3 is 10.7 Å². The number of nitriles is 1. The topological polar surface area (TPSA) is 98.4 Å². The molecule has 0 saturated carbocycles. The first kappa shape index (κ1) is 18.4. The van der Waals surface area contributed by atoms with Crippen molar-refractivity contribution in [3.05, 3.63) is 83.4 Å². The highest BCUT2D eigenvalue weighted by Gasteiger charge is 2.30. The summed E-state index contributed by atoms with van der Waals surface area (Å²) in [4.78, 5) is 11.5. The van der Waals surface area contributed by atoms with E-state index in [1.54, 1.807) is 6.07 Å². The molecule has 0 aliphatic carbocycles. The minimum absolute atomic E-state index is 0.443. The summed E-state index contributed by atoms with van der Waals surface area (Å²) in [6, 6.07) is 25.4. The molecule has 32 heavy (non-hydrogen) atoms. The number of benzene rings is 3. The van der Waals surface area contributed by atoms with E-state index in [4.69, 9.17) is 22.3 Å². The van der Waals surface area contributed by atoms with Crippen LogP contribution < -0.4 is 10.1 Å². The SMILES string of the molecule is N#Cc1c(-c2ccccc2Cl)c(-c2nc3ccccc3[nH]2)c(N)[n+]2c1[nH]c1ccccc12. The fourth-order valence-corrected chi connectivity index (χ4v) is 4.57. The van der Waals surface area contributed by atoms with Crippen molar-refractivity contribution in [2.24, 2.45) is 0 Å². The number of H-pyrrole nitrogens is 2. The lowest BCUT2D eigenvalue weighted by Crippen LogP contribution is -2.28. The number of para-hydroxylation sites is 4. The zero-order chi connectivity index (χ0) is 21.8. The molecule has 152 valence electrons. The van der Waals surface area contributed by atoms with Crippen LogP contribution >= 0.6 is 11.6 Å². The number of aromatic nitrogens is 4. The molecule has 0 spiro atoms. The number of hydrogen-bond acceptors (Lipinski definition) is 3. The molecule has 0 atom stereocenters. The van der Waals surface area contributed by atoms with Crippen LogP contribution in [0.25, 0.3) is 50.2 Å². The number of fused-ring (bicyclic) bond motifs is 4. The molecular weight excluding hydrogens is 420 g/mol. The Hall–Kier alpha value is -4.34. The summed E-state index contributed by atoms with van der Waals surface area (Å²) in [7, 11) is 0. The Bertz CT molecular complexity index is 1690. The molecule has 6 nitrogen and oxygen atoms in total. The average Bonchev–Trinajstić information content (AvgIpc) is 3.41. The standard InChI is InChI=1S/C25H15ClN6/c26-16-8-2-1-7-14(16)21-15(13-27)25-31-19-11-5-6-12-20(19)32(25)23(28)22(21)24-29-17-9-3-4-10-18(17)30-24/h1-12H,(H3,28,29,30,31)/p+1. The zero-order valence-electron chi connectivity index (χ0n) is 16.7. The van der Waals surface area contributed by atoms with Crippen LogP contribution in [0.5, 0.6) is 0 Å². The first-order valence-electron chi connectivity index (χ1n) is 10.1. The molecule has 3 aromatic heterocycles. The van der Waals surface area contributed by atoms with Crippen LogP contribution in [0.2, 0.25) is 5.02 Å². The van der Waals surface area contributed by atoms with Crippen molar-refractivity contribution in [1.82, 2.24) is 15.0 Å². The smallest absolute Gasteiger partial charge is 0.250 e. The molecule has 0 unspecified atom stereocenters. The third kappa shape index (κ3) is 2.52. The van der Waals surface area contributed by atoms with Crippen LogP contribution in [0.1, 0.15) is 5.56 Å². The second kappa shape index (κ2) is 6.84. The monoisotopic (exact) mass is 435 g/mol. The third-order valence-corrected chi connectivity index (χ3v) is 6.07. The fraction of sp³-hybridized carbons (Fsp3) is 0. The second-order valence-electron chi connectivity index (χ2n) is 7.53. The molecule has 4 N–H and O–H groups in total. The molecule has 0 aliphatic rings. The van der Waals surface area contributed by atoms with Gasteiger partial charge in [0.25, 0.3) is 5.65 Å². The quantitative estimate of drug-likeness (QED) is 0.325. The zero-order valence-corrected chi connectivity index (χ0v) is 17.5. The van der Waals surface area contributed by atoms with E-state index in [0.717, 1.165) is 22.1 Å². The fourth-order valence-electron chi connectivity index (χ4n) is 4.34. The van der Waals surface area contributed by atoms with Crippen molar-refractivity contribution in [2.75, 3.05) is 5.73 Å². The summed E-state index contributed by atoms with van der Waals surface area (Å²) >= 11 is 6.61. The molecule has 3 heterocycles. The number of nitrogens with zero attached hydrogens (tertiary/aromatic N) is 3. The molecule has 3 aromatic carbocycles. The number of halogens is 1. The number of imidazole rings is 2. The summed E-state index contributed by atoms with van der Waals surface area (Å²) in [5, 5.41) is 10.8. The molecule has 0 saturated heterocycles. The van der Waals surface area contributed by atoms with Gasteiger partial charge in [-0.1, -0.05) is 54.1 Å². The Balaban J connectivity index is 1.86. The number of hydrogen-bond donors (Lipinski definition) is 3. The van der Waals surface area contributed by atoms with Crippen molar-refractivity contribution in [2.45, 2.75) is 0 Å². The average molecular weight is 436 g/mol. The molecule has 0 amide bonds. The molecule has 6 rings (SSSR count). The minimum Gasteiger partial charge on any atom is -0.338 e. The predicted octanol–water partition coefficient (Wildman–Crippen LogP) is 5.22. The van der Waals surface area contributed by atoms with E-state index >= 15 is 0 Å². The largest absolute Gasteiger partial charge is 0.338 e. The number of rotatable bonds is 2. The van der Waals surface area contributed by atoms with E-state index in [2.05, 4.69) is 16.0 Å². The first-order valence-corrected chi connectivity index (χ1v) is 10.4. The maximum absolute atomic E-state index is 10.3. The van der Waals surface area contributed by atoms with Crippen LogP contribution in [0, 0.1) is 11.3 Å². The molecule has 7 heteroatoms. The van der Waals surface area contributed by atoms with E-state index in [0.29, 0.717) is 44.6 Å². The molecule has 0 fully saturated rings. The van der Waals surface area contributed by atoms with Crippen molar-refractivity contribution in [3.63, 3.8) is 0 Å². The molecular formula is C25H16ClN6+. The van der Waals surface area contributed by atoms with Crippen LogP contribution in [0.15, 0.2) is 72.8 Å². The minimum atomic E-state index is 0.443. The Labute approximate surface area is 187 Å². The highest BCUT2D eigenvalue weighted by molar-refractivity contribution is 6.33. The molecule has 6 aromatic rings. The number of anilines is 1. The van der Waals surface area contributed by atoms with Gasteiger partial charge in [-0.25, -0.2) is 4.98 Å². The van der Waals surface area contributed by atoms with Crippen molar-refractivity contribution < 1.29 is 4.40 Å². The van der Waals surface area contributed by atoms with Crippen LogP contribution in [-0.2, 0) is 0 Å². The van der Waals surface area contributed by atoms with Gasteiger partial charge in [-0.2, -0.15) is 9.66 Å². The van der Waals surface area contributed by atoms with Gasteiger partial charge in [0.05, 0.1) is 16.6 Å². The van der Waals surface area contributed by atoms with Crippen molar-refractivity contribution in [3.8, 4) is 28.6 Å². The Morgan fingerprint density at radius 3 is 2.38 bits per heavy atom.